The lowest BCUT2D eigenvalue weighted by atomic mass is 9.79. The average molecular weight is 314 g/mol. The van der Waals surface area contributed by atoms with Gasteiger partial charge in [-0.05, 0) is 41.0 Å². The van der Waals surface area contributed by atoms with Crippen molar-refractivity contribution in [3.63, 3.8) is 0 Å². The molecule has 0 spiro atoms. The van der Waals surface area contributed by atoms with Crippen molar-refractivity contribution in [2.75, 3.05) is 0 Å². The van der Waals surface area contributed by atoms with E-state index in [0.29, 0.717) is 11.8 Å². The topological polar surface area (TPSA) is 0 Å². The molecule has 3 aromatic rings. The summed E-state index contributed by atoms with van der Waals surface area (Å²) in [6.07, 6.45) is 2.20. The summed E-state index contributed by atoms with van der Waals surface area (Å²) in [7, 11) is 0. The molecule has 0 aliphatic carbocycles. The molecule has 3 aromatic carbocycles. The zero-order valence-corrected chi connectivity index (χ0v) is 14.7. The van der Waals surface area contributed by atoms with E-state index in [1.165, 1.54) is 22.3 Å². The van der Waals surface area contributed by atoms with Crippen LogP contribution in [0.15, 0.2) is 84.9 Å². The molecule has 0 fully saturated rings. The lowest BCUT2D eigenvalue weighted by Crippen LogP contribution is -2.14. The molecule has 0 radical (unpaired) electrons. The Morgan fingerprint density at radius 3 is 1.54 bits per heavy atom. The maximum absolute atomic E-state index is 2.37. The molecule has 0 bridgehead atoms. The third-order valence-electron chi connectivity index (χ3n) is 4.88. The van der Waals surface area contributed by atoms with Gasteiger partial charge in [0.1, 0.15) is 0 Å². The van der Waals surface area contributed by atoms with E-state index < -0.39 is 0 Å². The van der Waals surface area contributed by atoms with Crippen molar-refractivity contribution in [2.45, 2.75) is 32.6 Å². The molecule has 0 heteroatoms. The maximum atomic E-state index is 2.37. The minimum Gasteiger partial charge on any atom is -0.0622 e. The van der Waals surface area contributed by atoms with Gasteiger partial charge < -0.3 is 0 Å². The molecule has 0 aromatic heterocycles. The van der Waals surface area contributed by atoms with Gasteiger partial charge >= 0.3 is 0 Å². The van der Waals surface area contributed by atoms with Crippen molar-refractivity contribution < 1.29 is 0 Å². The zero-order chi connectivity index (χ0) is 16.8. The Balaban J connectivity index is 1.87. The fraction of sp³-hybridized carbons (Fsp3) is 0.250. The second-order valence-electron chi connectivity index (χ2n) is 6.65. The molecule has 0 saturated heterocycles. The largest absolute Gasteiger partial charge is 0.0622 e. The molecule has 3 rings (SSSR count). The fourth-order valence-electron chi connectivity index (χ4n) is 3.57. The number of aryl methyl sites for hydroxylation is 1. The molecule has 1 unspecified atom stereocenters. The van der Waals surface area contributed by atoms with Gasteiger partial charge in [0.05, 0.1) is 0 Å². The van der Waals surface area contributed by atoms with Crippen LogP contribution in [-0.4, -0.2) is 0 Å². The van der Waals surface area contributed by atoms with Crippen molar-refractivity contribution >= 4 is 0 Å². The molecule has 1 atom stereocenters. The summed E-state index contributed by atoms with van der Waals surface area (Å²) in [5, 5.41) is 0. The number of hydrogen-bond donors (Lipinski definition) is 0. The SMILES string of the molecule is CCc1ccc(CC(C)C(c2ccccc2)c2ccccc2)cc1. The Hall–Kier alpha value is -2.34. The molecule has 122 valence electrons. The van der Waals surface area contributed by atoms with Crippen LogP contribution in [0.4, 0.5) is 0 Å². The first-order chi connectivity index (χ1) is 11.8. The van der Waals surface area contributed by atoms with Crippen LogP contribution in [0.5, 0.6) is 0 Å². The summed E-state index contributed by atoms with van der Waals surface area (Å²) in [5.74, 6) is 0.973. The Kier molecular flexibility index (Phi) is 5.48. The summed E-state index contributed by atoms with van der Waals surface area (Å²) in [6.45, 7) is 4.58. The Morgan fingerprint density at radius 1 is 0.625 bits per heavy atom. The van der Waals surface area contributed by atoms with Crippen LogP contribution >= 0.6 is 0 Å². The minimum absolute atomic E-state index is 0.429. The molecule has 0 heterocycles. The highest BCUT2D eigenvalue weighted by Gasteiger charge is 2.21. The van der Waals surface area contributed by atoms with Gasteiger partial charge in [-0.15, -0.1) is 0 Å². The van der Waals surface area contributed by atoms with Gasteiger partial charge in [-0.3, -0.25) is 0 Å². The van der Waals surface area contributed by atoms with E-state index in [-0.39, 0.29) is 0 Å². The first-order valence-electron chi connectivity index (χ1n) is 8.95. The second kappa shape index (κ2) is 7.97. The summed E-state index contributed by atoms with van der Waals surface area (Å²) in [4.78, 5) is 0. The molecule has 0 aliphatic heterocycles. The van der Waals surface area contributed by atoms with Gasteiger partial charge in [-0.2, -0.15) is 0 Å². The molecule has 0 saturated carbocycles. The van der Waals surface area contributed by atoms with E-state index in [1.807, 2.05) is 0 Å². The van der Waals surface area contributed by atoms with Gasteiger partial charge in [-0.1, -0.05) is 98.8 Å². The summed E-state index contributed by atoms with van der Waals surface area (Å²) in [5.41, 5.74) is 5.65. The number of hydrogen-bond acceptors (Lipinski definition) is 0. The monoisotopic (exact) mass is 314 g/mol. The third-order valence-corrected chi connectivity index (χ3v) is 4.88. The Bertz CT molecular complexity index is 687. The van der Waals surface area contributed by atoms with Crippen LogP contribution < -0.4 is 0 Å². The van der Waals surface area contributed by atoms with Crippen molar-refractivity contribution in [1.29, 1.82) is 0 Å². The highest BCUT2D eigenvalue weighted by atomic mass is 14.2. The minimum atomic E-state index is 0.429. The van der Waals surface area contributed by atoms with Crippen LogP contribution in [0, 0.1) is 5.92 Å². The maximum Gasteiger partial charge on any atom is 0.0118 e. The van der Waals surface area contributed by atoms with Gasteiger partial charge in [0.15, 0.2) is 0 Å². The molecular weight excluding hydrogens is 288 g/mol. The standard InChI is InChI=1S/C24H26/c1-3-20-14-16-21(17-15-20)18-19(2)24(22-10-6-4-7-11-22)23-12-8-5-9-13-23/h4-17,19,24H,3,18H2,1-2H3. The lowest BCUT2D eigenvalue weighted by molar-refractivity contribution is 0.509. The molecular formula is C24H26. The van der Waals surface area contributed by atoms with Crippen molar-refractivity contribution in [3.8, 4) is 0 Å². The van der Waals surface area contributed by atoms with Crippen LogP contribution in [0.25, 0.3) is 0 Å². The lowest BCUT2D eigenvalue weighted by Gasteiger charge is -2.25. The van der Waals surface area contributed by atoms with E-state index in [9.17, 15) is 0 Å². The normalized spacial score (nSPS) is 12.3. The molecule has 0 nitrogen and oxygen atoms in total. The van der Waals surface area contributed by atoms with Crippen LogP contribution in [0.1, 0.15) is 42.0 Å². The highest BCUT2D eigenvalue weighted by Crippen LogP contribution is 2.33. The van der Waals surface area contributed by atoms with Gasteiger partial charge in [0.2, 0.25) is 0 Å². The predicted octanol–water partition coefficient (Wildman–Crippen LogP) is 6.26. The molecule has 0 aliphatic rings. The Labute approximate surface area is 146 Å². The van der Waals surface area contributed by atoms with Crippen molar-refractivity contribution in [2.24, 2.45) is 5.92 Å². The fourth-order valence-corrected chi connectivity index (χ4v) is 3.57. The van der Waals surface area contributed by atoms with Crippen LogP contribution in [0.2, 0.25) is 0 Å². The molecule has 0 amide bonds. The zero-order valence-electron chi connectivity index (χ0n) is 14.7. The second-order valence-corrected chi connectivity index (χ2v) is 6.65. The summed E-state index contributed by atoms with van der Waals surface area (Å²) in [6, 6.07) is 30.9. The average Bonchev–Trinajstić information content (AvgIpc) is 2.64. The van der Waals surface area contributed by atoms with Gasteiger partial charge in [0.25, 0.3) is 0 Å². The van der Waals surface area contributed by atoms with E-state index in [2.05, 4.69) is 98.8 Å². The van der Waals surface area contributed by atoms with Crippen LogP contribution in [-0.2, 0) is 12.8 Å². The number of benzene rings is 3. The summed E-state index contributed by atoms with van der Waals surface area (Å²) >= 11 is 0. The van der Waals surface area contributed by atoms with Gasteiger partial charge in [-0.25, -0.2) is 0 Å². The predicted molar refractivity (Wildman–Crippen MR) is 103 cm³/mol. The van der Waals surface area contributed by atoms with E-state index >= 15 is 0 Å². The first kappa shape index (κ1) is 16.5. The van der Waals surface area contributed by atoms with Crippen molar-refractivity contribution in [3.05, 3.63) is 107 Å². The van der Waals surface area contributed by atoms with Crippen molar-refractivity contribution in [1.82, 2.24) is 0 Å². The smallest absolute Gasteiger partial charge is 0.0118 e. The molecule has 24 heavy (non-hydrogen) atoms. The summed E-state index contributed by atoms with van der Waals surface area (Å²) < 4.78 is 0. The first-order valence-corrected chi connectivity index (χ1v) is 8.95. The van der Waals surface area contributed by atoms with E-state index in [0.717, 1.165) is 12.8 Å². The van der Waals surface area contributed by atoms with Gasteiger partial charge in [0, 0.05) is 5.92 Å². The molecule has 0 N–H and O–H groups in total. The van der Waals surface area contributed by atoms with Crippen LogP contribution in [0.3, 0.4) is 0 Å². The van der Waals surface area contributed by atoms with E-state index in [4.69, 9.17) is 0 Å². The number of rotatable bonds is 6. The quantitative estimate of drug-likeness (QED) is 0.504. The van der Waals surface area contributed by atoms with E-state index in [1.54, 1.807) is 0 Å². The highest BCUT2D eigenvalue weighted by molar-refractivity contribution is 5.34. The third kappa shape index (κ3) is 3.94. The Morgan fingerprint density at radius 2 is 1.08 bits per heavy atom.